The van der Waals surface area contributed by atoms with E-state index in [4.69, 9.17) is 9.41 Å². The fraction of sp³-hybridized carbons (Fsp3) is 0.571. The number of aryl methyl sites for hydroxylation is 1. The highest BCUT2D eigenvalue weighted by Crippen LogP contribution is 2.45. The zero-order valence-electron chi connectivity index (χ0n) is 21.6. The topological polar surface area (TPSA) is 52.0 Å². The van der Waals surface area contributed by atoms with Crippen molar-refractivity contribution in [2.24, 2.45) is 5.92 Å². The molecule has 34 heavy (non-hydrogen) atoms. The first-order valence-electron chi connectivity index (χ1n) is 13.0. The number of anilines is 1. The van der Waals surface area contributed by atoms with Gasteiger partial charge in [-0.05, 0) is 66.9 Å². The van der Waals surface area contributed by atoms with Crippen molar-refractivity contribution in [1.29, 1.82) is 0 Å². The molecule has 0 radical (unpaired) electrons. The minimum absolute atomic E-state index is 0.232. The lowest BCUT2D eigenvalue weighted by molar-refractivity contribution is 0.137. The average Bonchev–Trinajstić information content (AvgIpc) is 3.50. The molecule has 0 amide bonds. The van der Waals surface area contributed by atoms with E-state index in [1.165, 1.54) is 11.1 Å². The monoisotopic (exact) mass is 476 g/mol. The molecule has 2 aromatic heterocycles. The molecule has 5 nitrogen and oxygen atoms in total. The van der Waals surface area contributed by atoms with Gasteiger partial charge in [0.05, 0.1) is 11.4 Å². The van der Waals surface area contributed by atoms with Crippen molar-refractivity contribution in [1.82, 2.24) is 14.5 Å². The van der Waals surface area contributed by atoms with Crippen LogP contribution in [0, 0.1) is 5.92 Å². The fourth-order valence-corrected chi connectivity index (χ4v) is 7.07. The molecule has 1 N–H and O–H groups in total. The minimum atomic E-state index is -1.80. The first-order valence-corrected chi connectivity index (χ1v) is 15.9. The molecule has 3 aromatic rings. The molecule has 6 heteroatoms. The van der Waals surface area contributed by atoms with E-state index >= 15 is 0 Å². The quantitative estimate of drug-likeness (QED) is 0.380. The summed E-state index contributed by atoms with van der Waals surface area (Å²) in [7, 11) is -1.80. The van der Waals surface area contributed by atoms with Crippen LogP contribution in [0.3, 0.4) is 0 Å². The van der Waals surface area contributed by atoms with Gasteiger partial charge in [-0.3, -0.25) is 0 Å². The molecule has 2 heterocycles. The van der Waals surface area contributed by atoms with E-state index in [1.807, 2.05) is 0 Å². The van der Waals surface area contributed by atoms with Crippen molar-refractivity contribution in [3.05, 3.63) is 54.0 Å². The molecule has 2 aliphatic carbocycles. The third-order valence-corrected chi connectivity index (χ3v) is 13.2. The summed E-state index contributed by atoms with van der Waals surface area (Å²) >= 11 is 0. The van der Waals surface area contributed by atoms with E-state index in [9.17, 15) is 0 Å². The highest BCUT2D eigenvalue weighted by Gasteiger charge is 2.44. The van der Waals surface area contributed by atoms with Gasteiger partial charge >= 0.3 is 0 Å². The van der Waals surface area contributed by atoms with E-state index in [-0.39, 0.29) is 5.04 Å². The Labute approximate surface area is 205 Å². The first kappa shape index (κ1) is 23.6. The van der Waals surface area contributed by atoms with Crippen molar-refractivity contribution in [3.63, 3.8) is 0 Å². The Morgan fingerprint density at radius 2 is 1.91 bits per heavy atom. The van der Waals surface area contributed by atoms with Crippen LogP contribution < -0.4 is 5.32 Å². The summed E-state index contributed by atoms with van der Waals surface area (Å²) in [6.07, 6.45) is 9.90. The molecule has 1 fully saturated rings. The van der Waals surface area contributed by atoms with Gasteiger partial charge in [0.1, 0.15) is 17.8 Å². The molecule has 0 aliphatic heterocycles. The molecule has 1 saturated carbocycles. The molecular weight excluding hydrogens is 436 g/mol. The van der Waals surface area contributed by atoms with Gasteiger partial charge in [0.15, 0.2) is 8.32 Å². The van der Waals surface area contributed by atoms with Crippen LogP contribution in [-0.2, 0) is 10.8 Å². The van der Waals surface area contributed by atoms with Crippen molar-refractivity contribution in [3.8, 4) is 0 Å². The highest BCUT2D eigenvalue weighted by molar-refractivity contribution is 6.74. The second-order valence-corrected chi connectivity index (χ2v) is 16.6. The summed E-state index contributed by atoms with van der Waals surface area (Å²) in [6, 6.07) is 11.7. The van der Waals surface area contributed by atoms with Crippen molar-refractivity contribution in [2.45, 2.75) is 96.1 Å². The Morgan fingerprint density at radius 3 is 2.68 bits per heavy atom. The highest BCUT2D eigenvalue weighted by atomic mass is 28.4. The predicted molar refractivity (Wildman–Crippen MR) is 143 cm³/mol. The zero-order valence-corrected chi connectivity index (χ0v) is 22.6. The summed E-state index contributed by atoms with van der Waals surface area (Å²) < 4.78 is 9.32. The Morgan fingerprint density at radius 1 is 1.12 bits per heavy atom. The predicted octanol–water partition coefficient (Wildman–Crippen LogP) is 7.28. The van der Waals surface area contributed by atoms with Gasteiger partial charge in [0.2, 0.25) is 0 Å². The maximum absolute atomic E-state index is 6.93. The standard InChI is InChI=1S/C28H40N4OSi/c1-7-19-16-21(17-25(19)33-34(5,6)28(2,3)4)32-15-14-23-26(29-18-30-27(23)32)31-24-13-12-20-10-8-9-11-22(20)24/h8-11,14-15,18-19,21,24-25H,7,12-13,16-17H2,1-6H3,(H,29,30,31)/t19-,21+,24-,25-/m0/s1. The maximum Gasteiger partial charge on any atom is 0.192 e. The summed E-state index contributed by atoms with van der Waals surface area (Å²) in [5.41, 5.74) is 3.89. The Kier molecular flexibility index (Phi) is 6.09. The van der Waals surface area contributed by atoms with Crippen LogP contribution in [0.25, 0.3) is 11.0 Å². The smallest absolute Gasteiger partial charge is 0.192 e. The van der Waals surface area contributed by atoms with Gasteiger partial charge in [-0.25, -0.2) is 9.97 Å². The van der Waals surface area contributed by atoms with Gasteiger partial charge in [-0.2, -0.15) is 0 Å². The maximum atomic E-state index is 6.93. The van der Waals surface area contributed by atoms with Crippen LogP contribution in [0.4, 0.5) is 5.82 Å². The second-order valence-electron chi connectivity index (χ2n) is 11.8. The first-order chi connectivity index (χ1) is 16.2. The number of nitrogens with zero attached hydrogens (tertiary/aromatic N) is 3. The van der Waals surface area contributed by atoms with Crippen LogP contribution >= 0.6 is 0 Å². The lowest BCUT2D eigenvalue weighted by Gasteiger charge is -2.39. The molecule has 4 atom stereocenters. The van der Waals surface area contributed by atoms with Crippen LogP contribution in [0.15, 0.2) is 42.9 Å². The van der Waals surface area contributed by atoms with Gasteiger partial charge < -0.3 is 14.3 Å². The third kappa shape index (κ3) is 4.20. The van der Waals surface area contributed by atoms with Crippen molar-refractivity contribution in [2.75, 3.05) is 5.32 Å². The SMILES string of the molecule is CC[C@H]1C[C@@H](n2ccc3c(N[C@H]4CCc5ccccc54)ncnc32)C[C@@H]1O[Si](C)(C)C(C)(C)C. The van der Waals surface area contributed by atoms with E-state index in [2.05, 4.69) is 92.2 Å². The Bertz CT molecular complexity index is 1160. The number of benzene rings is 1. The van der Waals surface area contributed by atoms with Gasteiger partial charge in [0.25, 0.3) is 0 Å². The van der Waals surface area contributed by atoms with Crippen LogP contribution in [0.2, 0.25) is 18.1 Å². The Hall–Kier alpha value is -2.18. The van der Waals surface area contributed by atoms with E-state index in [0.29, 0.717) is 24.1 Å². The van der Waals surface area contributed by atoms with Crippen LogP contribution in [0.5, 0.6) is 0 Å². The molecule has 0 unspecified atom stereocenters. The largest absolute Gasteiger partial charge is 0.414 e. The molecular formula is C28H40N4OSi. The van der Waals surface area contributed by atoms with E-state index < -0.39 is 8.32 Å². The fourth-order valence-electron chi connectivity index (χ4n) is 5.67. The Balaban J connectivity index is 1.38. The lowest BCUT2D eigenvalue weighted by Crippen LogP contribution is -2.44. The molecule has 2 aliphatic rings. The van der Waals surface area contributed by atoms with E-state index in [0.717, 1.165) is 49.0 Å². The second kappa shape index (κ2) is 8.79. The summed E-state index contributed by atoms with van der Waals surface area (Å²) in [5, 5.41) is 5.09. The summed E-state index contributed by atoms with van der Waals surface area (Å²) in [5.74, 6) is 1.55. The minimum Gasteiger partial charge on any atom is -0.414 e. The third-order valence-electron chi connectivity index (χ3n) is 8.73. The average molecular weight is 477 g/mol. The normalized spacial score (nSPS) is 25.1. The van der Waals surface area contributed by atoms with E-state index in [1.54, 1.807) is 6.33 Å². The van der Waals surface area contributed by atoms with Gasteiger partial charge in [0, 0.05) is 18.3 Å². The molecule has 0 bridgehead atoms. The summed E-state index contributed by atoms with van der Waals surface area (Å²) in [6.45, 7) is 14.1. The molecule has 0 saturated heterocycles. The molecule has 182 valence electrons. The lowest BCUT2D eigenvalue weighted by atomic mass is 10.0. The number of hydrogen-bond donors (Lipinski definition) is 1. The van der Waals surface area contributed by atoms with Crippen molar-refractivity contribution < 1.29 is 4.43 Å². The zero-order chi connectivity index (χ0) is 24.1. The molecule has 5 rings (SSSR count). The molecule has 1 aromatic carbocycles. The van der Waals surface area contributed by atoms with Gasteiger partial charge in [-0.1, -0.05) is 58.4 Å². The number of aromatic nitrogens is 3. The van der Waals surface area contributed by atoms with Crippen molar-refractivity contribution >= 4 is 25.2 Å². The summed E-state index contributed by atoms with van der Waals surface area (Å²) in [4.78, 5) is 9.38. The van der Waals surface area contributed by atoms with Crippen LogP contribution in [-0.4, -0.2) is 29.0 Å². The molecule has 0 spiro atoms. The van der Waals surface area contributed by atoms with Gasteiger partial charge in [-0.15, -0.1) is 0 Å². The number of rotatable bonds is 6. The number of fused-ring (bicyclic) bond motifs is 2. The number of hydrogen-bond acceptors (Lipinski definition) is 4. The number of nitrogens with one attached hydrogen (secondary N) is 1. The van der Waals surface area contributed by atoms with Crippen LogP contribution in [0.1, 0.15) is 76.6 Å².